The zero-order chi connectivity index (χ0) is 12.6. The summed E-state index contributed by atoms with van der Waals surface area (Å²) in [5.74, 6) is 0. The van der Waals surface area contributed by atoms with Crippen LogP contribution in [-0.2, 0) is 13.6 Å². The Balaban J connectivity index is 2.39. The van der Waals surface area contributed by atoms with Gasteiger partial charge in [-0.1, -0.05) is 0 Å². The van der Waals surface area contributed by atoms with E-state index in [2.05, 4.69) is 26.1 Å². The normalized spacial score (nSPS) is 13.0. The number of aliphatic hydroxyl groups excluding tert-OH is 1. The van der Waals surface area contributed by atoms with Crippen LogP contribution in [0.25, 0.3) is 0 Å². The smallest absolute Gasteiger partial charge is 0.134 e. The summed E-state index contributed by atoms with van der Waals surface area (Å²) in [6.45, 7) is 4.71. The lowest BCUT2D eigenvalue weighted by atomic mass is 10.1. The van der Waals surface area contributed by atoms with Crippen LogP contribution in [-0.4, -0.2) is 24.7 Å². The van der Waals surface area contributed by atoms with E-state index in [-0.39, 0.29) is 0 Å². The number of nitrogens with zero attached hydrogens (tertiary/aromatic N) is 4. The average molecular weight is 299 g/mol. The monoisotopic (exact) mass is 298 g/mol. The topological polar surface area (TPSA) is 55.9 Å². The second-order valence-electron chi connectivity index (χ2n) is 3.98. The fourth-order valence-corrected chi connectivity index (χ4v) is 2.36. The molecule has 1 atom stereocenters. The predicted octanol–water partition coefficient (Wildman–Crippen LogP) is 1.79. The lowest BCUT2D eigenvalue weighted by molar-refractivity contribution is 0.218. The molecule has 0 saturated heterocycles. The van der Waals surface area contributed by atoms with E-state index in [4.69, 9.17) is 0 Å². The van der Waals surface area contributed by atoms with Crippen molar-refractivity contribution in [3.05, 3.63) is 33.8 Å². The fraction of sp³-hybridized carbons (Fsp3) is 0.455. The fourth-order valence-electron chi connectivity index (χ4n) is 1.79. The van der Waals surface area contributed by atoms with Gasteiger partial charge in [-0.25, -0.2) is 0 Å². The summed E-state index contributed by atoms with van der Waals surface area (Å²) in [5.41, 5.74) is 2.42. The van der Waals surface area contributed by atoms with Crippen molar-refractivity contribution >= 4 is 15.9 Å². The van der Waals surface area contributed by atoms with Gasteiger partial charge in [0, 0.05) is 37.1 Å². The van der Waals surface area contributed by atoms with E-state index in [1.165, 1.54) is 0 Å². The lowest BCUT2D eigenvalue weighted by Gasteiger charge is -2.07. The molecule has 0 radical (unpaired) electrons. The molecule has 6 heteroatoms. The summed E-state index contributed by atoms with van der Waals surface area (Å²) in [4.78, 5) is 0. The molecule has 1 N–H and O–H groups in total. The van der Waals surface area contributed by atoms with Gasteiger partial charge in [-0.2, -0.15) is 10.2 Å². The van der Waals surface area contributed by atoms with Crippen molar-refractivity contribution in [1.29, 1.82) is 0 Å². The quantitative estimate of drug-likeness (QED) is 0.940. The van der Waals surface area contributed by atoms with E-state index in [1.54, 1.807) is 10.9 Å². The van der Waals surface area contributed by atoms with E-state index < -0.39 is 6.10 Å². The third-order valence-corrected chi connectivity index (χ3v) is 3.32. The summed E-state index contributed by atoms with van der Waals surface area (Å²) in [6, 6.07) is 0. The van der Waals surface area contributed by atoms with Crippen LogP contribution in [0.2, 0.25) is 0 Å². The molecule has 0 aliphatic rings. The zero-order valence-corrected chi connectivity index (χ0v) is 11.6. The average Bonchev–Trinajstić information content (AvgIpc) is 2.81. The second-order valence-corrected chi connectivity index (χ2v) is 4.73. The Hall–Kier alpha value is -1.14. The standard InChI is InChI=1S/C11H15BrN4O/c1-4-16-6-8(7(2)13-16)10(17)9-5-15(3)14-11(9)12/h5-6,10,17H,4H2,1-3H3. The Bertz CT molecular complexity index is 532. The SMILES string of the molecule is CCn1cc(C(O)c2cn(C)nc2Br)c(C)n1. The third kappa shape index (κ3) is 2.28. The van der Waals surface area contributed by atoms with Crippen LogP contribution in [0.15, 0.2) is 17.0 Å². The second kappa shape index (κ2) is 4.62. The van der Waals surface area contributed by atoms with Gasteiger partial charge in [-0.15, -0.1) is 0 Å². The molecule has 0 amide bonds. The number of hydrogen-bond donors (Lipinski definition) is 1. The third-order valence-electron chi connectivity index (χ3n) is 2.71. The van der Waals surface area contributed by atoms with Crippen molar-refractivity contribution < 1.29 is 5.11 Å². The summed E-state index contributed by atoms with van der Waals surface area (Å²) >= 11 is 3.34. The van der Waals surface area contributed by atoms with E-state index in [0.29, 0.717) is 4.60 Å². The largest absolute Gasteiger partial charge is 0.383 e. The first kappa shape index (κ1) is 12.3. The van der Waals surface area contributed by atoms with Crippen LogP contribution in [0.5, 0.6) is 0 Å². The summed E-state index contributed by atoms with van der Waals surface area (Å²) < 4.78 is 4.15. The molecule has 0 aromatic carbocycles. The van der Waals surface area contributed by atoms with Gasteiger partial charge in [0.25, 0.3) is 0 Å². The van der Waals surface area contributed by atoms with Crippen molar-refractivity contribution in [1.82, 2.24) is 19.6 Å². The number of rotatable bonds is 3. The predicted molar refractivity (Wildman–Crippen MR) is 67.6 cm³/mol. The Morgan fingerprint density at radius 1 is 1.35 bits per heavy atom. The van der Waals surface area contributed by atoms with Gasteiger partial charge in [0.15, 0.2) is 0 Å². The van der Waals surface area contributed by atoms with E-state index in [0.717, 1.165) is 23.4 Å². The van der Waals surface area contributed by atoms with Crippen molar-refractivity contribution in [2.24, 2.45) is 7.05 Å². The molecule has 17 heavy (non-hydrogen) atoms. The number of aromatic nitrogens is 4. The molecule has 2 heterocycles. The first-order valence-electron chi connectivity index (χ1n) is 5.44. The summed E-state index contributed by atoms with van der Waals surface area (Å²) in [5, 5.41) is 18.8. The summed E-state index contributed by atoms with van der Waals surface area (Å²) in [6.07, 6.45) is 2.98. The van der Waals surface area contributed by atoms with Crippen molar-refractivity contribution in [3.8, 4) is 0 Å². The number of hydrogen-bond acceptors (Lipinski definition) is 3. The van der Waals surface area contributed by atoms with Crippen LogP contribution in [0.3, 0.4) is 0 Å². The van der Waals surface area contributed by atoms with Gasteiger partial charge < -0.3 is 5.11 Å². The van der Waals surface area contributed by atoms with Crippen LogP contribution < -0.4 is 0 Å². The van der Waals surface area contributed by atoms with Crippen molar-refractivity contribution in [3.63, 3.8) is 0 Å². The molecule has 2 aromatic heterocycles. The Morgan fingerprint density at radius 2 is 2.06 bits per heavy atom. The minimum atomic E-state index is -0.696. The molecular formula is C11H15BrN4O. The van der Waals surface area contributed by atoms with Gasteiger partial charge >= 0.3 is 0 Å². The van der Waals surface area contributed by atoms with Gasteiger partial charge in [0.05, 0.1) is 5.69 Å². The highest BCUT2D eigenvalue weighted by atomic mass is 79.9. The van der Waals surface area contributed by atoms with Crippen LogP contribution in [0.1, 0.15) is 29.8 Å². The Morgan fingerprint density at radius 3 is 2.53 bits per heavy atom. The molecule has 0 spiro atoms. The zero-order valence-electron chi connectivity index (χ0n) is 10.1. The van der Waals surface area contributed by atoms with Crippen LogP contribution >= 0.6 is 15.9 Å². The number of aryl methyl sites for hydroxylation is 3. The maximum Gasteiger partial charge on any atom is 0.134 e. The van der Waals surface area contributed by atoms with Gasteiger partial charge in [0.1, 0.15) is 10.7 Å². The Labute approximate surface area is 108 Å². The van der Waals surface area contributed by atoms with Crippen LogP contribution in [0.4, 0.5) is 0 Å². The first-order chi connectivity index (χ1) is 8.02. The van der Waals surface area contributed by atoms with Crippen molar-refractivity contribution in [2.75, 3.05) is 0 Å². The molecule has 0 saturated carbocycles. The molecule has 0 fully saturated rings. The van der Waals surface area contributed by atoms with Gasteiger partial charge in [-0.05, 0) is 29.8 Å². The molecule has 1 unspecified atom stereocenters. The minimum absolute atomic E-state index is 0.663. The van der Waals surface area contributed by atoms with Crippen LogP contribution in [0, 0.1) is 6.92 Å². The number of aliphatic hydroxyl groups is 1. The van der Waals surface area contributed by atoms with E-state index in [1.807, 2.05) is 31.8 Å². The van der Waals surface area contributed by atoms with E-state index in [9.17, 15) is 5.11 Å². The van der Waals surface area contributed by atoms with Crippen molar-refractivity contribution in [2.45, 2.75) is 26.5 Å². The lowest BCUT2D eigenvalue weighted by Crippen LogP contribution is -2.00. The first-order valence-corrected chi connectivity index (χ1v) is 6.23. The van der Waals surface area contributed by atoms with Gasteiger partial charge in [0.2, 0.25) is 0 Å². The van der Waals surface area contributed by atoms with E-state index >= 15 is 0 Å². The highest BCUT2D eigenvalue weighted by Crippen LogP contribution is 2.28. The molecule has 5 nitrogen and oxygen atoms in total. The maximum absolute atomic E-state index is 10.3. The molecule has 2 rings (SSSR count). The van der Waals surface area contributed by atoms with Gasteiger partial charge in [-0.3, -0.25) is 9.36 Å². The highest BCUT2D eigenvalue weighted by Gasteiger charge is 2.20. The molecule has 0 aliphatic carbocycles. The highest BCUT2D eigenvalue weighted by molar-refractivity contribution is 9.10. The molecule has 2 aromatic rings. The minimum Gasteiger partial charge on any atom is -0.383 e. The molecular weight excluding hydrogens is 284 g/mol. The molecule has 92 valence electrons. The summed E-state index contributed by atoms with van der Waals surface area (Å²) in [7, 11) is 1.82. The maximum atomic E-state index is 10.3. The molecule has 0 bridgehead atoms. The number of halogens is 1. The Kier molecular flexibility index (Phi) is 3.35. The molecule has 0 aliphatic heterocycles.